The highest BCUT2D eigenvalue weighted by Crippen LogP contribution is 2.35. The number of amides is 1. The van der Waals surface area contributed by atoms with Crippen LogP contribution in [0.5, 0.6) is 17.2 Å². The highest BCUT2D eigenvalue weighted by atomic mass is 79.9. The van der Waals surface area contributed by atoms with Gasteiger partial charge in [0.15, 0.2) is 18.1 Å². The third-order valence-corrected chi connectivity index (χ3v) is 5.73. The zero-order valence-electron chi connectivity index (χ0n) is 15.5. The monoisotopic (exact) mass is 497 g/mol. The summed E-state index contributed by atoms with van der Waals surface area (Å²) >= 11 is 6.98. The zero-order chi connectivity index (χ0) is 19.6. The minimum absolute atomic E-state index is 0.0110. The van der Waals surface area contributed by atoms with E-state index in [1.807, 2.05) is 36.1 Å². The summed E-state index contributed by atoms with van der Waals surface area (Å²) in [7, 11) is 3.24. The van der Waals surface area contributed by atoms with Crippen LogP contribution in [0.4, 0.5) is 0 Å². The normalized spacial score (nSPS) is 13.1. The van der Waals surface area contributed by atoms with Gasteiger partial charge in [0.1, 0.15) is 5.75 Å². The third-order valence-electron chi connectivity index (χ3n) is 4.55. The lowest BCUT2D eigenvalue weighted by Crippen LogP contribution is -2.38. The first-order chi connectivity index (χ1) is 12.9. The Morgan fingerprint density at radius 1 is 1.04 bits per heavy atom. The molecule has 0 aromatic heterocycles. The van der Waals surface area contributed by atoms with Gasteiger partial charge in [-0.05, 0) is 86.2 Å². The molecule has 0 radical (unpaired) electrons. The van der Waals surface area contributed by atoms with Crippen molar-refractivity contribution < 1.29 is 19.0 Å². The number of methoxy groups -OCH3 is 2. The van der Waals surface area contributed by atoms with E-state index in [4.69, 9.17) is 14.2 Å². The molecule has 7 heteroatoms. The van der Waals surface area contributed by atoms with E-state index in [0.29, 0.717) is 30.3 Å². The van der Waals surface area contributed by atoms with Crippen molar-refractivity contribution >= 4 is 37.8 Å². The molecule has 144 valence electrons. The summed E-state index contributed by atoms with van der Waals surface area (Å²) in [4.78, 5) is 14.5. The molecule has 0 saturated carbocycles. The number of rotatable bonds is 5. The Bertz CT molecular complexity index is 846. The van der Waals surface area contributed by atoms with Gasteiger partial charge in [0.25, 0.3) is 5.91 Å². The third kappa shape index (κ3) is 4.41. The van der Waals surface area contributed by atoms with Gasteiger partial charge in [-0.15, -0.1) is 0 Å². The summed E-state index contributed by atoms with van der Waals surface area (Å²) in [6.07, 6.45) is 0.777. The number of aryl methyl sites for hydroxylation is 1. The second-order valence-corrected chi connectivity index (χ2v) is 8.10. The van der Waals surface area contributed by atoms with Gasteiger partial charge in [-0.2, -0.15) is 0 Å². The number of hydrogen-bond donors (Lipinski definition) is 0. The Kier molecular flexibility index (Phi) is 6.32. The maximum atomic E-state index is 12.7. The van der Waals surface area contributed by atoms with Crippen LogP contribution in [-0.2, 0) is 17.8 Å². The molecule has 2 aromatic carbocycles. The molecule has 1 aliphatic rings. The lowest BCUT2D eigenvalue weighted by Gasteiger charge is -2.29. The van der Waals surface area contributed by atoms with Crippen LogP contribution in [0.1, 0.15) is 16.7 Å². The van der Waals surface area contributed by atoms with Crippen molar-refractivity contribution in [3.63, 3.8) is 0 Å². The zero-order valence-corrected chi connectivity index (χ0v) is 18.6. The van der Waals surface area contributed by atoms with Crippen molar-refractivity contribution in [2.75, 3.05) is 27.4 Å². The van der Waals surface area contributed by atoms with E-state index >= 15 is 0 Å². The smallest absolute Gasteiger partial charge is 0.260 e. The number of ether oxygens (including phenoxy) is 3. The van der Waals surface area contributed by atoms with E-state index in [2.05, 4.69) is 31.9 Å². The molecule has 0 atom stereocenters. The quantitative estimate of drug-likeness (QED) is 0.608. The van der Waals surface area contributed by atoms with E-state index in [0.717, 1.165) is 26.5 Å². The predicted octanol–water partition coefficient (Wildman–Crippen LogP) is 4.50. The first-order valence-electron chi connectivity index (χ1n) is 8.53. The molecule has 0 bridgehead atoms. The SMILES string of the molecule is COc1cc2c(cc1OC)CN(C(=O)COc1c(Br)cc(C)cc1Br)CC2. The fourth-order valence-corrected chi connectivity index (χ4v) is 4.79. The summed E-state index contributed by atoms with van der Waals surface area (Å²) in [5, 5.41) is 0. The highest BCUT2D eigenvalue weighted by Gasteiger charge is 2.23. The number of nitrogens with zero attached hydrogens (tertiary/aromatic N) is 1. The molecular weight excluding hydrogens is 478 g/mol. The van der Waals surface area contributed by atoms with E-state index in [1.54, 1.807) is 14.2 Å². The molecule has 1 amide bonds. The van der Waals surface area contributed by atoms with Crippen LogP contribution in [0.3, 0.4) is 0 Å². The average Bonchev–Trinajstić information content (AvgIpc) is 2.65. The molecule has 1 heterocycles. The lowest BCUT2D eigenvalue weighted by atomic mass is 9.99. The van der Waals surface area contributed by atoms with Crippen molar-refractivity contribution in [3.05, 3.63) is 49.9 Å². The van der Waals surface area contributed by atoms with E-state index in [9.17, 15) is 4.79 Å². The second kappa shape index (κ2) is 8.52. The maximum Gasteiger partial charge on any atom is 0.260 e. The molecule has 0 unspecified atom stereocenters. The Labute approximate surface area is 175 Å². The van der Waals surface area contributed by atoms with Gasteiger partial charge in [-0.25, -0.2) is 0 Å². The number of halogens is 2. The van der Waals surface area contributed by atoms with E-state index in [-0.39, 0.29) is 12.5 Å². The van der Waals surface area contributed by atoms with E-state index < -0.39 is 0 Å². The standard InChI is InChI=1S/C20H21Br2NO4/c1-12-6-15(21)20(16(22)7-12)27-11-19(24)23-5-4-13-8-17(25-2)18(26-3)9-14(13)10-23/h6-9H,4-5,10-11H2,1-3H3. The molecule has 0 saturated heterocycles. The second-order valence-electron chi connectivity index (χ2n) is 6.39. The Hall–Kier alpha value is -1.73. The first-order valence-corrected chi connectivity index (χ1v) is 10.1. The van der Waals surface area contributed by atoms with Crippen LogP contribution in [0.2, 0.25) is 0 Å². The fraction of sp³-hybridized carbons (Fsp3) is 0.350. The number of carbonyl (C=O) groups excluding carboxylic acids is 1. The molecule has 3 rings (SSSR count). The Morgan fingerprint density at radius 3 is 2.22 bits per heavy atom. The lowest BCUT2D eigenvalue weighted by molar-refractivity contribution is -0.134. The van der Waals surface area contributed by atoms with Crippen molar-refractivity contribution in [3.8, 4) is 17.2 Å². The number of benzene rings is 2. The molecule has 0 aliphatic carbocycles. The van der Waals surface area contributed by atoms with Crippen LogP contribution in [0.25, 0.3) is 0 Å². The molecule has 27 heavy (non-hydrogen) atoms. The summed E-state index contributed by atoms with van der Waals surface area (Å²) in [5.74, 6) is 1.98. The molecule has 2 aromatic rings. The Balaban J connectivity index is 1.69. The summed E-state index contributed by atoms with van der Waals surface area (Å²) in [6.45, 7) is 3.18. The minimum Gasteiger partial charge on any atom is -0.493 e. The molecule has 5 nitrogen and oxygen atoms in total. The van der Waals surface area contributed by atoms with Gasteiger partial charge in [-0.1, -0.05) is 0 Å². The number of hydrogen-bond acceptors (Lipinski definition) is 4. The molecule has 1 aliphatic heterocycles. The topological polar surface area (TPSA) is 48.0 Å². The number of carbonyl (C=O) groups is 1. The van der Waals surface area contributed by atoms with Crippen molar-refractivity contribution in [2.24, 2.45) is 0 Å². The van der Waals surface area contributed by atoms with Crippen molar-refractivity contribution in [2.45, 2.75) is 19.9 Å². The summed E-state index contributed by atoms with van der Waals surface area (Å²) in [5.41, 5.74) is 3.36. The van der Waals surface area contributed by atoms with Crippen LogP contribution < -0.4 is 14.2 Å². The van der Waals surface area contributed by atoms with Gasteiger partial charge < -0.3 is 19.1 Å². The van der Waals surface area contributed by atoms with Crippen LogP contribution in [-0.4, -0.2) is 38.2 Å². The van der Waals surface area contributed by atoms with Gasteiger partial charge in [0.2, 0.25) is 0 Å². The van der Waals surface area contributed by atoms with Crippen molar-refractivity contribution in [1.29, 1.82) is 0 Å². The number of fused-ring (bicyclic) bond motifs is 1. The molecule has 0 fully saturated rings. The van der Waals surface area contributed by atoms with Crippen LogP contribution >= 0.6 is 31.9 Å². The average molecular weight is 499 g/mol. The van der Waals surface area contributed by atoms with Crippen LogP contribution in [0.15, 0.2) is 33.2 Å². The van der Waals surface area contributed by atoms with E-state index in [1.165, 1.54) is 5.56 Å². The Morgan fingerprint density at radius 2 is 1.63 bits per heavy atom. The van der Waals surface area contributed by atoms with Gasteiger partial charge in [0, 0.05) is 13.1 Å². The highest BCUT2D eigenvalue weighted by molar-refractivity contribution is 9.11. The summed E-state index contributed by atoms with van der Waals surface area (Å²) in [6, 6.07) is 7.86. The van der Waals surface area contributed by atoms with Crippen molar-refractivity contribution in [1.82, 2.24) is 4.90 Å². The van der Waals surface area contributed by atoms with Gasteiger partial charge in [0.05, 0.1) is 23.2 Å². The molecule has 0 spiro atoms. The minimum atomic E-state index is -0.0465. The van der Waals surface area contributed by atoms with Gasteiger partial charge in [-0.3, -0.25) is 4.79 Å². The van der Waals surface area contributed by atoms with Crippen LogP contribution in [0, 0.1) is 6.92 Å². The molecular formula is C20H21Br2NO4. The first kappa shape index (κ1) is 20.0. The molecule has 0 N–H and O–H groups in total. The van der Waals surface area contributed by atoms with Gasteiger partial charge >= 0.3 is 0 Å². The maximum absolute atomic E-state index is 12.7. The largest absolute Gasteiger partial charge is 0.493 e. The summed E-state index contributed by atoms with van der Waals surface area (Å²) < 4.78 is 18.2. The predicted molar refractivity (Wildman–Crippen MR) is 111 cm³/mol. The fourth-order valence-electron chi connectivity index (χ4n) is 3.15.